The fourth-order valence-electron chi connectivity index (χ4n) is 4.97. The molecule has 2 amide bonds. The first-order valence-corrected chi connectivity index (χ1v) is 10.7. The Morgan fingerprint density at radius 2 is 1.84 bits per heavy atom. The Morgan fingerprint density at radius 3 is 2.55 bits per heavy atom. The predicted molar refractivity (Wildman–Crippen MR) is 115 cm³/mol. The minimum absolute atomic E-state index is 0.0326. The third-order valence-electron chi connectivity index (χ3n) is 6.79. The summed E-state index contributed by atoms with van der Waals surface area (Å²) in [6.45, 7) is 7.83. The van der Waals surface area contributed by atoms with E-state index in [0.717, 1.165) is 29.7 Å². The van der Waals surface area contributed by atoms with Crippen LogP contribution in [0.25, 0.3) is 4.85 Å². The number of carbonyl (C=O) groups excluding carboxylic acids is 3. The van der Waals surface area contributed by atoms with E-state index in [1.165, 1.54) is 4.90 Å². The lowest BCUT2D eigenvalue weighted by atomic mass is 9.80. The fourth-order valence-corrected chi connectivity index (χ4v) is 4.97. The molecule has 2 aromatic carbocycles. The highest BCUT2D eigenvalue weighted by molar-refractivity contribution is 6.08. The SMILES string of the molecule is [C-]#[N+][C@@H]1C[C@@]2(CN1C(=O)C(Cc1ccccc1)C(=O)C1CC1)C(=O)Nc1ccccc12. The van der Waals surface area contributed by atoms with Gasteiger partial charge in [0.1, 0.15) is 17.1 Å². The van der Waals surface area contributed by atoms with Gasteiger partial charge in [-0.15, -0.1) is 0 Å². The Morgan fingerprint density at radius 1 is 1.13 bits per heavy atom. The molecule has 2 heterocycles. The van der Waals surface area contributed by atoms with Crippen molar-refractivity contribution in [3.05, 3.63) is 77.1 Å². The summed E-state index contributed by atoms with van der Waals surface area (Å²) in [5.74, 6) is -1.40. The highest BCUT2D eigenvalue weighted by Crippen LogP contribution is 2.47. The van der Waals surface area contributed by atoms with Gasteiger partial charge in [0.2, 0.25) is 11.8 Å². The Labute approximate surface area is 181 Å². The molecule has 5 rings (SSSR count). The topological polar surface area (TPSA) is 70.8 Å². The molecule has 156 valence electrons. The van der Waals surface area contributed by atoms with Crippen LogP contribution in [0, 0.1) is 18.4 Å². The van der Waals surface area contributed by atoms with Crippen molar-refractivity contribution in [1.29, 1.82) is 0 Å². The van der Waals surface area contributed by atoms with Crippen molar-refractivity contribution in [3.63, 3.8) is 0 Å². The highest BCUT2D eigenvalue weighted by atomic mass is 16.2. The van der Waals surface area contributed by atoms with Gasteiger partial charge in [-0.05, 0) is 36.5 Å². The quantitative estimate of drug-likeness (QED) is 0.605. The monoisotopic (exact) mass is 413 g/mol. The number of hydrogen-bond acceptors (Lipinski definition) is 3. The number of amides is 2. The third kappa shape index (κ3) is 3.21. The van der Waals surface area contributed by atoms with Gasteiger partial charge in [-0.2, -0.15) is 0 Å². The molecule has 3 aliphatic rings. The second-order valence-electron chi connectivity index (χ2n) is 8.78. The van der Waals surface area contributed by atoms with Gasteiger partial charge in [-0.1, -0.05) is 48.5 Å². The molecule has 2 aliphatic heterocycles. The number of benzene rings is 2. The molecule has 1 saturated carbocycles. The summed E-state index contributed by atoms with van der Waals surface area (Å²) in [5.41, 5.74) is 1.56. The number of carbonyl (C=O) groups is 3. The average Bonchev–Trinajstić information content (AvgIpc) is 3.52. The van der Waals surface area contributed by atoms with E-state index in [-0.39, 0.29) is 36.5 Å². The zero-order chi connectivity index (χ0) is 21.6. The van der Waals surface area contributed by atoms with Gasteiger partial charge in [0.15, 0.2) is 0 Å². The van der Waals surface area contributed by atoms with E-state index in [1.807, 2.05) is 54.6 Å². The van der Waals surface area contributed by atoms with Gasteiger partial charge in [0.25, 0.3) is 0 Å². The zero-order valence-electron chi connectivity index (χ0n) is 17.1. The Hall–Kier alpha value is -3.46. The number of fused-ring (bicyclic) bond motifs is 2. The number of anilines is 1. The number of Topliss-reactive ketones (excluding diaryl/α,β-unsaturated/α-hetero) is 1. The van der Waals surface area contributed by atoms with Crippen molar-refractivity contribution in [1.82, 2.24) is 4.90 Å². The lowest BCUT2D eigenvalue weighted by Gasteiger charge is -2.25. The van der Waals surface area contributed by atoms with E-state index in [2.05, 4.69) is 10.2 Å². The second-order valence-corrected chi connectivity index (χ2v) is 8.78. The van der Waals surface area contributed by atoms with Crippen molar-refractivity contribution in [2.45, 2.75) is 37.3 Å². The predicted octanol–water partition coefficient (Wildman–Crippen LogP) is 3.19. The lowest BCUT2D eigenvalue weighted by Crippen LogP contribution is -2.45. The van der Waals surface area contributed by atoms with Crippen LogP contribution in [0.15, 0.2) is 54.6 Å². The summed E-state index contributed by atoms with van der Waals surface area (Å²) in [6.07, 6.45) is 1.47. The van der Waals surface area contributed by atoms with Crippen LogP contribution in [0.5, 0.6) is 0 Å². The van der Waals surface area contributed by atoms with Crippen molar-refractivity contribution >= 4 is 23.3 Å². The molecular formula is C25H23N3O3. The maximum atomic E-state index is 13.7. The Balaban J connectivity index is 1.47. The van der Waals surface area contributed by atoms with Gasteiger partial charge < -0.3 is 5.32 Å². The molecular weight excluding hydrogens is 390 g/mol. The first-order valence-electron chi connectivity index (χ1n) is 10.7. The van der Waals surface area contributed by atoms with E-state index in [0.29, 0.717) is 6.42 Å². The molecule has 2 aromatic rings. The number of hydrogen-bond donors (Lipinski definition) is 1. The number of ketones is 1. The molecule has 31 heavy (non-hydrogen) atoms. The number of nitrogens with zero attached hydrogens (tertiary/aromatic N) is 2. The molecule has 0 aromatic heterocycles. The van der Waals surface area contributed by atoms with Gasteiger partial charge in [-0.3, -0.25) is 24.1 Å². The zero-order valence-corrected chi connectivity index (χ0v) is 17.1. The standard InChI is InChI=1S/C25H23N3O3/c1-26-21-14-25(19-9-5-6-10-20(19)27-24(25)31)15-28(21)23(30)18(22(29)17-11-12-17)13-16-7-3-2-4-8-16/h2-10,17-18,21H,11-15H2,(H,27,31)/t18?,21-,25-/m0/s1. The maximum Gasteiger partial charge on any atom is 0.302 e. The first-order chi connectivity index (χ1) is 15.0. The Kier molecular flexibility index (Phi) is 4.62. The van der Waals surface area contributed by atoms with Crippen LogP contribution in [0.4, 0.5) is 5.69 Å². The van der Waals surface area contributed by atoms with E-state index >= 15 is 0 Å². The van der Waals surface area contributed by atoms with Crippen LogP contribution < -0.4 is 5.32 Å². The molecule has 6 nitrogen and oxygen atoms in total. The number of likely N-dealkylation sites (tertiary alicyclic amines) is 1. The van der Waals surface area contributed by atoms with Crippen LogP contribution in [0.3, 0.4) is 0 Å². The number of rotatable bonds is 5. The molecule has 2 fully saturated rings. The van der Waals surface area contributed by atoms with Crippen LogP contribution in [0.2, 0.25) is 0 Å². The summed E-state index contributed by atoms with van der Waals surface area (Å²) in [7, 11) is 0. The summed E-state index contributed by atoms with van der Waals surface area (Å²) >= 11 is 0. The average molecular weight is 413 g/mol. The van der Waals surface area contributed by atoms with Gasteiger partial charge in [0.05, 0.1) is 6.42 Å². The number of nitrogens with one attached hydrogen (secondary N) is 1. The van der Waals surface area contributed by atoms with Gasteiger partial charge >= 0.3 is 6.17 Å². The van der Waals surface area contributed by atoms with Crippen molar-refractivity contribution in [3.8, 4) is 0 Å². The van der Waals surface area contributed by atoms with Crippen molar-refractivity contribution < 1.29 is 14.4 Å². The minimum Gasteiger partial charge on any atom is -0.325 e. The van der Waals surface area contributed by atoms with Crippen LogP contribution in [-0.2, 0) is 26.2 Å². The maximum absolute atomic E-state index is 13.7. The van der Waals surface area contributed by atoms with Crippen molar-refractivity contribution in [2.24, 2.45) is 11.8 Å². The molecule has 1 saturated heterocycles. The first kappa shape index (κ1) is 19.5. The summed E-state index contributed by atoms with van der Waals surface area (Å²) in [5, 5.41) is 2.91. The molecule has 3 atom stereocenters. The molecule has 0 bridgehead atoms. The summed E-state index contributed by atoms with van der Waals surface area (Å²) in [4.78, 5) is 44.9. The highest BCUT2D eigenvalue weighted by Gasteiger charge is 2.59. The summed E-state index contributed by atoms with van der Waals surface area (Å²) < 4.78 is 0. The van der Waals surface area contributed by atoms with Gasteiger partial charge in [-0.25, -0.2) is 6.57 Å². The second kappa shape index (κ2) is 7.35. The Bertz CT molecular complexity index is 1100. The van der Waals surface area contributed by atoms with Crippen LogP contribution in [0.1, 0.15) is 30.4 Å². The molecule has 1 unspecified atom stereocenters. The van der Waals surface area contributed by atoms with E-state index in [1.54, 1.807) is 0 Å². The largest absolute Gasteiger partial charge is 0.325 e. The number of para-hydroxylation sites is 1. The van der Waals surface area contributed by atoms with E-state index in [4.69, 9.17) is 6.57 Å². The molecule has 0 radical (unpaired) electrons. The van der Waals surface area contributed by atoms with Crippen LogP contribution >= 0.6 is 0 Å². The van der Waals surface area contributed by atoms with E-state index in [9.17, 15) is 14.4 Å². The molecule has 1 spiro atoms. The van der Waals surface area contributed by atoms with E-state index < -0.39 is 17.5 Å². The van der Waals surface area contributed by atoms with Gasteiger partial charge in [0, 0.05) is 18.2 Å². The smallest absolute Gasteiger partial charge is 0.302 e. The molecule has 1 aliphatic carbocycles. The molecule has 1 N–H and O–H groups in total. The summed E-state index contributed by atoms with van der Waals surface area (Å²) in [6, 6.07) is 17.0. The normalized spacial score (nSPS) is 25.1. The minimum atomic E-state index is -0.929. The van der Waals surface area contributed by atoms with Crippen LogP contribution in [-0.4, -0.2) is 35.2 Å². The van der Waals surface area contributed by atoms with Crippen molar-refractivity contribution in [2.75, 3.05) is 11.9 Å². The lowest BCUT2D eigenvalue weighted by molar-refractivity contribution is -0.142. The fraction of sp³-hybridized carbons (Fsp3) is 0.360. The third-order valence-corrected chi connectivity index (χ3v) is 6.79. The molecule has 6 heteroatoms.